The fourth-order valence-corrected chi connectivity index (χ4v) is 3.07. The van der Waals surface area contributed by atoms with E-state index in [4.69, 9.17) is 0 Å². The van der Waals surface area contributed by atoms with Crippen molar-refractivity contribution < 1.29 is 0 Å². The molecular formula is C12H8BrN5S. The summed E-state index contributed by atoms with van der Waals surface area (Å²) in [6.45, 7) is 0.492. The van der Waals surface area contributed by atoms with E-state index < -0.39 is 0 Å². The van der Waals surface area contributed by atoms with Crippen molar-refractivity contribution in [2.45, 2.75) is 6.54 Å². The Balaban J connectivity index is 1.85. The van der Waals surface area contributed by atoms with Crippen LogP contribution in [0.2, 0.25) is 0 Å². The van der Waals surface area contributed by atoms with Crippen molar-refractivity contribution in [3.8, 4) is 0 Å². The van der Waals surface area contributed by atoms with Gasteiger partial charge < -0.3 is 0 Å². The molecule has 0 atom stereocenters. The molecule has 3 heterocycles. The minimum Gasteiger partial charge on any atom is -0.264 e. The molecule has 5 nitrogen and oxygen atoms in total. The molecule has 0 saturated heterocycles. The first-order valence-corrected chi connectivity index (χ1v) is 7.16. The molecule has 0 saturated carbocycles. The van der Waals surface area contributed by atoms with Crippen molar-refractivity contribution in [3.63, 3.8) is 0 Å². The monoisotopic (exact) mass is 333 g/mol. The van der Waals surface area contributed by atoms with Gasteiger partial charge in [0.25, 0.3) is 0 Å². The summed E-state index contributed by atoms with van der Waals surface area (Å²) in [6, 6.07) is 3.84. The van der Waals surface area contributed by atoms with Crippen molar-refractivity contribution in [2.24, 2.45) is 10.2 Å². The molecule has 3 rings (SSSR count). The molecule has 7 heteroatoms. The Morgan fingerprint density at radius 2 is 2.26 bits per heavy atom. The molecule has 0 amide bonds. The maximum atomic E-state index is 4.21. The molecule has 0 aromatic carbocycles. The molecule has 0 spiro atoms. The van der Waals surface area contributed by atoms with Crippen molar-refractivity contribution in [1.82, 2.24) is 15.0 Å². The number of aromatic nitrogens is 3. The number of halogens is 1. The van der Waals surface area contributed by atoms with Gasteiger partial charge in [0, 0.05) is 17.8 Å². The van der Waals surface area contributed by atoms with Crippen LogP contribution in [-0.2, 0) is 6.54 Å². The number of hydrogen-bond acceptors (Lipinski definition) is 6. The van der Waals surface area contributed by atoms with Crippen molar-refractivity contribution in [3.05, 3.63) is 46.3 Å². The summed E-state index contributed by atoms with van der Waals surface area (Å²) in [7, 11) is 0. The number of nitrogens with zero attached hydrogens (tertiary/aromatic N) is 5. The Hall–Kier alpha value is -1.73. The molecule has 19 heavy (non-hydrogen) atoms. The minimum atomic E-state index is 0.492. The molecule has 0 N–H and O–H groups in total. The molecule has 0 unspecified atom stereocenters. The van der Waals surface area contributed by atoms with Crippen LogP contribution in [0.4, 0.5) is 5.82 Å². The highest BCUT2D eigenvalue weighted by Gasteiger charge is 2.07. The second-order valence-electron chi connectivity index (χ2n) is 3.72. The second-order valence-corrected chi connectivity index (χ2v) is 5.45. The predicted octanol–water partition coefficient (Wildman–Crippen LogP) is 4.13. The van der Waals surface area contributed by atoms with Crippen LogP contribution in [0.15, 0.2) is 50.9 Å². The van der Waals surface area contributed by atoms with Gasteiger partial charge in [0.2, 0.25) is 0 Å². The largest absolute Gasteiger partial charge is 0.264 e. The minimum absolute atomic E-state index is 0.492. The number of azo groups is 1. The Morgan fingerprint density at radius 3 is 3.11 bits per heavy atom. The van der Waals surface area contributed by atoms with Crippen LogP contribution in [0, 0.1) is 0 Å². The second kappa shape index (κ2) is 5.50. The summed E-state index contributed by atoms with van der Waals surface area (Å²) >= 11 is 4.99. The summed E-state index contributed by atoms with van der Waals surface area (Å²) in [5.41, 5.74) is 1.89. The number of thiophene rings is 1. The average Bonchev–Trinajstić information content (AvgIpc) is 2.83. The van der Waals surface area contributed by atoms with Gasteiger partial charge in [-0.15, -0.1) is 16.5 Å². The Morgan fingerprint density at radius 1 is 1.32 bits per heavy atom. The van der Waals surface area contributed by atoms with Crippen LogP contribution in [0.5, 0.6) is 0 Å². The number of hydrogen-bond donors (Lipinski definition) is 0. The summed E-state index contributed by atoms with van der Waals surface area (Å²) in [5, 5.41) is 10.3. The van der Waals surface area contributed by atoms with E-state index in [-0.39, 0.29) is 0 Å². The lowest BCUT2D eigenvalue weighted by Gasteiger charge is -1.95. The van der Waals surface area contributed by atoms with E-state index in [1.54, 1.807) is 23.7 Å². The van der Waals surface area contributed by atoms with Crippen LogP contribution < -0.4 is 0 Å². The molecular weight excluding hydrogens is 326 g/mol. The summed E-state index contributed by atoms with van der Waals surface area (Å²) in [4.78, 5) is 12.4. The standard InChI is InChI=1S/C12H8BrN5S/c13-9-6-19-11-10(9)15-7-16-12(11)18-17-5-8-2-1-3-14-4-8/h1-4,6-7H,5H2. The van der Waals surface area contributed by atoms with Gasteiger partial charge in [-0.25, -0.2) is 9.97 Å². The maximum Gasteiger partial charge on any atom is 0.195 e. The molecule has 0 fully saturated rings. The van der Waals surface area contributed by atoms with Crippen LogP contribution in [-0.4, -0.2) is 15.0 Å². The van der Waals surface area contributed by atoms with Crippen LogP contribution in [0.25, 0.3) is 10.2 Å². The summed E-state index contributed by atoms with van der Waals surface area (Å²) in [5.74, 6) is 0.601. The molecule has 3 aromatic rings. The third-order valence-electron chi connectivity index (χ3n) is 2.43. The lowest BCUT2D eigenvalue weighted by atomic mass is 10.3. The normalized spacial score (nSPS) is 11.4. The topological polar surface area (TPSA) is 63.4 Å². The van der Waals surface area contributed by atoms with Crippen molar-refractivity contribution in [2.75, 3.05) is 0 Å². The molecule has 0 bridgehead atoms. The average molecular weight is 334 g/mol. The lowest BCUT2D eigenvalue weighted by Crippen LogP contribution is -1.82. The first-order chi connectivity index (χ1) is 9.34. The van der Waals surface area contributed by atoms with E-state index in [2.05, 4.69) is 41.1 Å². The van der Waals surface area contributed by atoms with Crippen molar-refractivity contribution in [1.29, 1.82) is 0 Å². The number of fused-ring (bicyclic) bond motifs is 1. The van der Waals surface area contributed by atoms with Crippen LogP contribution >= 0.6 is 27.3 Å². The molecule has 3 aromatic heterocycles. The van der Waals surface area contributed by atoms with Gasteiger partial charge in [-0.3, -0.25) is 4.98 Å². The molecule has 0 aliphatic carbocycles. The van der Waals surface area contributed by atoms with Gasteiger partial charge in [-0.05, 0) is 27.6 Å². The Bertz CT molecular complexity index is 725. The smallest absolute Gasteiger partial charge is 0.195 e. The Labute approximate surface area is 121 Å². The van der Waals surface area contributed by atoms with E-state index in [0.29, 0.717) is 12.4 Å². The van der Waals surface area contributed by atoms with Crippen LogP contribution in [0.1, 0.15) is 5.56 Å². The zero-order valence-corrected chi connectivity index (χ0v) is 12.1. The highest BCUT2D eigenvalue weighted by atomic mass is 79.9. The number of rotatable bonds is 3. The first kappa shape index (κ1) is 12.3. The summed E-state index contributed by atoms with van der Waals surface area (Å²) < 4.78 is 1.89. The van der Waals surface area contributed by atoms with E-state index in [9.17, 15) is 0 Å². The molecule has 94 valence electrons. The van der Waals surface area contributed by atoms with Gasteiger partial charge in [-0.2, -0.15) is 5.11 Å². The van der Waals surface area contributed by atoms with E-state index in [0.717, 1.165) is 20.3 Å². The molecule has 0 aliphatic rings. The summed E-state index contributed by atoms with van der Waals surface area (Å²) in [6.07, 6.45) is 5.01. The fourth-order valence-electron chi connectivity index (χ4n) is 1.56. The lowest BCUT2D eigenvalue weighted by molar-refractivity contribution is 0.939. The highest BCUT2D eigenvalue weighted by molar-refractivity contribution is 9.10. The van der Waals surface area contributed by atoms with Crippen LogP contribution in [0.3, 0.4) is 0 Å². The van der Waals surface area contributed by atoms with Gasteiger partial charge in [0.15, 0.2) is 5.82 Å². The zero-order chi connectivity index (χ0) is 13.1. The van der Waals surface area contributed by atoms with E-state index in [1.807, 2.05) is 17.5 Å². The highest BCUT2D eigenvalue weighted by Crippen LogP contribution is 2.33. The first-order valence-electron chi connectivity index (χ1n) is 5.48. The molecule has 0 radical (unpaired) electrons. The van der Waals surface area contributed by atoms with Crippen molar-refractivity contribution >= 4 is 43.3 Å². The molecule has 0 aliphatic heterocycles. The quantitative estimate of drug-likeness (QED) is 0.677. The number of pyridine rings is 1. The fraction of sp³-hybridized carbons (Fsp3) is 0.0833. The predicted molar refractivity (Wildman–Crippen MR) is 77.6 cm³/mol. The third kappa shape index (κ3) is 2.66. The van der Waals surface area contributed by atoms with E-state index >= 15 is 0 Å². The zero-order valence-electron chi connectivity index (χ0n) is 9.69. The maximum absolute atomic E-state index is 4.21. The van der Waals surface area contributed by atoms with Gasteiger partial charge in [0.05, 0.1) is 11.0 Å². The van der Waals surface area contributed by atoms with Gasteiger partial charge in [0.1, 0.15) is 16.5 Å². The SMILES string of the molecule is Brc1csc2c(N=NCc3cccnc3)ncnc12. The van der Waals surface area contributed by atoms with Gasteiger partial charge >= 0.3 is 0 Å². The Kier molecular flexibility index (Phi) is 3.56. The van der Waals surface area contributed by atoms with Gasteiger partial charge in [-0.1, -0.05) is 6.07 Å². The third-order valence-corrected chi connectivity index (χ3v) is 4.31. The van der Waals surface area contributed by atoms with E-state index in [1.165, 1.54) is 6.33 Å².